The molecular weight excluding hydrogens is 1210 g/mol. The molecule has 2 heterocycles. The Morgan fingerprint density at radius 1 is 0.365 bits per heavy atom. The van der Waals surface area contributed by atoms with Crippen LogP contribution in [0.5, 0.6) is 0 Å². The fourth-order valence-corrected chi connectivity index (χ4v) is 14.1. The topological polar surface area (TPSA) is 228 Å². The van der Waals surface area contributed by atoms with Crippen LogP contribution in [0.25, 0.3) is 0 Å². The third-order valence-electron chi connectivity index (χ3n) is 20.6. The van der Waals surface area contributed by atoms with Gasteiger partial charge in [-0.15, -0.1) is 0 Å². The number of hydrogen-bond acceptors (Lipinski definition) is 13. The van der Waals surface area contributed by atoms with E-state index in [1.165, 1.54) is 334 Å². The Kier molecular flexibility index (Phi) is 62.9. The van der Waals surface area contributed by atoms with Gasteiger partial charge in [0, 0.05) is 6.42 Å². The van der Waals surface area contributed by atoms with Crippen LogP contribution in [0, 0.1) is 0 Å². The smallest absolute Gasteiger partial charge is 0.220 e. The maximum atomic E-state index is 13.4. The highest BCUT2D eigenvalue weighted by Crippen LogP contribution is 2.30. The Morgan fingerprint density at radius 3 is 0.990 bits per heavy atom. The second kappa shape index (κ2) is 66.7. The van der Waals surface area contributed by atoms with Gasteiger partial charge < -0.3 is 65.1 Å². The second-order valence-corrected chi connectivity index (χ2v) is 29.6. The summed E-state index contributed by atoms with van der Waals surface area (Å²) in [6, 6.07) is -0.914. The zero-order chi connectivity index (χ0) is 69.4. The first-order valence-corrected chi connectivity index (χ1v) is 41.6. The number of aliphatic hydroxyl groups is 8. The van der Waals surface area contributed by atoms with Gasteiger partial charge in [0.2, 0.25) is 5.91 Å². The van der Waals surface area contributed by atoms with Crippen LogP contribution < -0.4 is 5.32 Å². The number of nitrogens with one attached hydrogen (secondary N) is 1. The van der Waals surface area contributed by atoms with Gasteiger partial charge in [-0.1, -0.05) is 372 Å². The van der Waals surface area contributed by atoms with Crippen molar-refractivity contribution in [2.45, 2.75) is 473 Å². The molecule has 2 rings (SSSR count). The first-order chi connectivity index (χ1) is 47.1. The van der Waals surface area contributed by atoms with Crippen molar-refractivity contribution in [3.8, 4) is 0 Å². The molecule has 0 radical (unpaired) electrons. The summed E-state index contributed by atoms with van der Waals surface area (Å²) in [7, 11) is 0. The zero-order valence-corrected chi connectivity index (χ0v) is 62.4. The van der Waals surface area contributed by atoms with Crippen LogP contribution in [0.4, 0.5) is 0 Å². The van der Waals surface area contributed by atoms with Crippen LogP contribution in [0.15, 0.2) is 24.3 Å². The molecule has 2 fully saturated rings. The molecule has 14 heteroatoms. The zero-order valence-electron chi connectivity index (χ0n) is 62.4. The van der Waals surface area contributed by atoms with E-state index < -0.39 is 86.8 Å². The van der Waals surface area contributed by atoms with E-state index in [1.54, 1.807) is 6.08 Å². The van der Waals surface area contributed by atoms with E-state index in [1.807, 2.05) is 6.08 Å². The lowest BCUT2D eigenvalue weighted by Gasteiger charge is -2.46. The molecular formula is C82H157NO13. The van der Waals surface area contributed by atoms with Crippen LogP contribution in [-0.4, -0.2) is 140 Å². The van der Waals surface area contributed by atoms with Crippen LogP contribution in [-0.2, 0) is 23.7 Å². The Labute approximate surface area is 589 Å². The van der Waals surface area contributed by atoms with Crippen LogP contribution in [0.2, 0.25) is 0 Å². The minimum atomic E-state index is -1.79. The molecule has 1 amide bonds. The molecule has 0 bridgehead atoms. The molecule has 12 atom stereocenters. The number of aliphatic hydroxyl groups excluding tert-OH is 8. The Bertz CT molecular complexity index is 1700. The third-order valence-corrected chi connectivity index (χ3v) is 20.6. The SMILES string of the molecule is CCCCCCCCCC/C=C\CCCCCCCCCCCCCCCCCCCCCCCC(=O)NC(COC1OC(CO)C(OC2OC(CO)C(O)C(O)C2O)C(O)C1O)C(O)/C=C/CCCCCCCCCCCCCCCCCCCCCCCCCCCCC. The van der Waals surface area contributed by atoms with Crippen molar-refractivity contribution in [1.29, 1.82) is 0 Å². The summed E-state index contributed by atoms with van der Waals surface area (Å²) in [5, 5.41) is 87.7. The van der Waals surface area contributed by atoms with E-state index in [4.69, 9.17) is 18.9 Å². The number of unbranched alkanes of at least 4 members (excludes halogenated alkanes) is 56. The van der Waals surface area contributed by atoms with Gasteiger partial charge in [0.1, 0.15) is 48.8 Å². The summed E-state index contributed by atoms with van der Waals surface area (Å²) in [5.41, 5.74) is 0. The van der Waals surface area contributed by atoms with Crippen molar-refractivity contribution in [2.24, 2.45) is 0 Å². The first kappa shape index (κ1) is 90.6. The maximum Gasteiger partial charge on any atom is 0.220 e. The molecule has 2 aliphatic rings. The number of ether oxygens (including phenoxy) is 4. The van der Waals surface area contributed by atoms with Gasteiger partial charge in [-0.05, 0) is 44.9 Å². The average molecular weight is 1370 g/mol. The standard InChI is InChI=1S/C82H157NO13/c1-3-5-7-9-11-13-15-17-19-21-23-25-27-29-31-33-34-35-36-38-40-42-44-46-48-50-52-54-56-58-60-62-64-66-74(87)83-70(69-93-81-79(92)77(90)80(73(68-85)95-81)96-82-78(91)76(89)75(88)72(67-84)94-82)71(86)65-63-61-59-57-55-53-51-49-47-45-43-41-39-37-32-30-28-26-24-22-20-18-16-14-12-10-8-6-4-2/h21,23,63,65,70-73,75-82,84-86,88-92H,3-20,22,24-62,64,66-69H2,1-2H3,(H,83,87)/b23-21-,65-63+. The molecule has 12 unspecified atom stereocenters. The van der Waals surface area contributed by atoms with Gasteiger partial charge >= 0.3 is 0 Å². The van der Waals surface area contributed by atoms with E-state index in [2.05, 4.69) is 31.3 Å². The Balaban J connectivity index is 1.60. The molecule has 96 heavy (non-hydrogen) atoms. The molecule has 2 saturated heterocycles. The molecule has 2 aliphatic heterocycles. The van der Waals surface area contributed by atoms with Crippen molar-refractivity contribution in [1.82, 2.24) is 5.32 Å². The van der Waals surface area contributed by atoms with E-state index in [0.717, 1.165) is 38.5 Å². The normalized spacial score (nSPS) is 22.3. The molecule has 0 aliphatic carbocycles. The van der Waals surface area contributed by atoms with E-state index in [-0.39, 0.29) is 18.9 Å². The van der Waals surface area contributed by atoms with Crippen molar-refractivity contribution in [3.05, 3.63) is 24.3 Å². The summed E-state index contributed by atoms with van der Waals surface area (Å²) in [6.07, 6.45) is 69.9. The predicted octanol–water partition coefficient (Wildman–Crippen LogP) is 19.0. The first-order valence-electron chi connectivity index (χ1n) is 41.6. The largest absolute Gasteiger partial charge is 0.394 e. The number of carbonyl (C=O) groups excluding carboxylic acids is 1. The van der Waals surface area contributed by atoms with Crippen molar-refractivity contribution >= 4 is 5.91 Å². The van der Waals surface area contributed by atoms with Gasteiger partial charge in [0.05, 0.1) is 32.0 Å². The lowest BCUT2D eigenvalue weighted by atomic mass is 9.97. The van der Waals surface area contributed by atoms with Gasteiger partial charge in [-0.25, -0.2) is 0 Å². The summed E-state index contributed by atoms with van der Waals surface area (Å²) in [6.45, 7) is 2.87. The van der Waals surface area contributed by atoms with Gasteiger partial charge in [-0.2, -0.15) is 0 Å². The van der Waals surface area contributed by atoms with Gasteiger partial charge in [0.25, 0.3) is 0 Å². The molecule has 0 spiro atoms. The highest BCUT2D eigenvalue weighted by molar-refractivity contribution is 5.76. The van der Waals surface area contributed by atoms with Crippen LogP contribution in [0.1, 0.15) is 399 Å². The van der Waals surface area contributed by atoms with Gasteiger partial charge in [0.15, 0.2) is 12.6 Å². The van der Waals surface area contributed by atoms with E-state index >= 15 is 0 Å². The minimum Gasteiger partial charge on any atom is -0.394 e. The van der Waals surface area contributed by atoms with E-state index in [0.29, 0.717) is 6.42 Å². The Morgan fingerprint density at radius 2 is 0.656 bits per heavy atom. The molecule has 9 N–H and O–H groups in total. The average Bonchev–Trinajstić information content (AvgIpc) is 0.812. The van der Waals surface area contributed by atoms with Crippen molar-refractivity contribution in [3.63, 3.8) is 0 Å². The molecule has 0 aromatic carbocycles. The number of hydrogen-bond donors (Lipinski definition) is 9. The lowest BCUT2D eigenvalue weighted by molar-refractivity contribution is -0.359. The number of amides is 1. The lowest BCUT2D eigenvalue weighted by Crippen LogP contribution is -2.65. The maximum absolute atomic E-state index is 13.4. The molecule has 0 aromatic rings. The molecule has 0 aromatic heterocycles. The molecule has 568 valence electrons. The summed E-state index contributed by atoms with van der Waals surface area (Å²) in [4.78, 5) is 13.4. The molecule has 0 saturated carbocycles. The second-order valence-electron chi connectivity index (χ2n) is 29.6. The summed E-state index contributed by atoms with van der Waals surface area (Å²) >= 11 is 0. The van der Waals surface area contributed by atoms with Crippen molar-refractivity contribution < 1.29 is 64.6 Å². The van der Waals surface area contributed by atoms with Crippen LogP contribution in [0.3, 0.4) is 0 Å². The number of rotatable bonds is 71. The number of allylic oxidation sites excluding steroid dienone is 3. The monoisotopic (exact) mass is 1360 g/mol. The number of carbonyl (C=O) groups is 1. The van der Waals surface area contributed by atoms with E-state index in [9.17, 15) is 45.6 Å². The fourth-order valence-electron chi connectivity index (χ4n) is 14.1. The summed E-state index contributed by atoms with van der Waals surface area (Å²) in [5.74, 6) is -0.230. The van der Waals surface area contributed by atoms with Gasteiger partial charge in [-0.3, -0.25) is 4.79 Å². The summed E-state index contributed by atoms with van der Waals surface area (Å²) < 4.78 is 22.9. The third kappa shape index (κ3) is 49.1. The molecule has 14 nitrogen and oxygen atoms in total. The van der Waals surface area contributed by atoms with Crippen molar-refractivity contribution in [2.75, 3.05) is 19.8 Å². The van der Waals surface area contributed by atoms with Crippen LogP contribution >= 0.6 is 0 Å². The minimum absolute atomic E-state index is 0.230. The fraction of sp³-hybridized carbons (Fsp3) is 0.939. The predicted molar refractivity (Wildman–Crippen MR) is 397 cm³/mol. The highest BCUT2D eigenvalue weighted by Gasteiger charge is 2.51. The Hall–Kier alpha value is -1.53. The highest BCUT2D eigenvalue weighted by atomic mass is 16.7. The quantitative estimate of drug-likeness (QED) is 0.0204.